The van der Waals surface area contributed by atoms with Crippen molar-refractivity contribution in [2.75, 3.05) is 37.0 Å². The van der Waals surface area contributed by atoms with Crippen molar-refractivity contribution in [2.45, 2.75) is 19.9 Å². The molecule has 16 heavy (non-hydrogen) atoms. The summed E-state index contributed by atoms with van der Waals surface area (Å²) in [7, 11) is 2.11. The molecule has 0 radical (unpaired) electrons. The minimum Gasteiger partial charge on any atom is -0.350 e. The minimum atomic E-state index is 0.351. The van der Waals surface area contributed by atoms with E-state index in [0.29, 0.717) is 6.04 Å². The Bertz CT molecular complexity index is 301. The van der Waals surface area contributed by atoms with E-state index in [2.05, 4.69) is 47.7 Å². The zero-order valence-corrected chi connectivity index (χ0v) is 12.1. The first-order chi connectivity index (χ1) is 7.69. The van der Waals surface area contributed by atoms with Gasteiger partial charge >= 0.3 is 0 Å². The van der Waals surface area contributed by atoms with Crippen molar-refractivity contribution in [3.05, 3.63) is 11.1 Å². The lowest BCUT2D eigenvalue weighted by Crippen LogP contribution is -2.21. The predicted molar refractivity (Wildman–Crippen MR) is 75.9 cm³/mol. The maximum atomic E-state index is 4.65. The van der Waals surface area contributed by atoms with Gasteiger partial charge in [-0.05, 0) is 19.7 Å². The summed E-state index contributed by atoms with van der Waals surface area (Å²) in [6.45, 7) is 6.32. The third-order valence-electron chi connectivity index (χ3n) is 2.42. The van der Waals surface area contributed by atoms with Gasteiger partial charge in [0.2, 0.25) is 0 Å². The lowest BCUT2D eigenvalue weighted by Gasteiger charge is -2.14. The normalized spacial score (nSPS) is 12.8. The Morgan fingerprint density at radius 2 is 2.38 bits per heavy atom. The molecule has 0 bridgehead atoms. The third-order valence-corrected chi connectivity index (χ3v) is 3.99. The lowest BCUT2D eigenvalue weighted by atomic mass is 10.3. The second-order valence-corrected chi connectivity index (χ2v) is 5.57. The van der Waals surface area contributed by atoms with Gasteiger partial charge in [-0.1, -0.05) is 6.92 Å². The maximum Gasteiger partial charge on any atom is 0.185 e. The molecule has 1 N–H and O–H groups in total. The highest BCUT2D eigenvalue weighted by Gasteiger charge is 2.10. The fraction of sp³-hybridized carbons (Fsp3) is 0.727. The van der Waals surface area contributed by atoms with Crippen LogP contribution in [0.5, 0.6) is 0 Å². The van der Waals surface area contributed by atoms with Crippen LogP contribution < -0.4 is 10.2 Å². The fourth-order valence-electron chi connectivity index (χ4n) is 1.39. The standard InChI is InChI=1S/C11H21N3S2/c1-5-12-9(2)10-8-16-11(13-10)14(3)6-7-15-4/h8-9,12H,5-7H2,1-4H3. The number of anilines is 1. The minimum absolute atomic E-state index is 0.351. The number of nitrogens with zero attached hydrogens (tertiary/aromatic N) is 2. The second kappa shape index (κ2) is 7.14. The van der Waals surface area contributed by atoms with Gasteiger partial charge in [0, 0.05) is 30.8 Å². The molecule has 0 spiro atoms. The number of hydrogen-bond donors (Lipinski definition) is 1. The van der Waals surface area contributed by atoms with Crippen LogP contribution in [0.1, 0.15) is 25.6 Å². The van der Waals surface area contributed by atoms with Crippen molar-refractivity contribution in [2.24, 2.45) is 0 Å². The molecule has 1 heterocycles. The number of thioether (sulfide) groups is 1. The molecule has 0 aliphatic carbocycles. The van der Waals surface area contributed by atoms with Gasteiger partial charge in [0.1, 0.15) is 0 Å². The van der Waals surface area contributed by atoms with E-state index in [1.54, 1.807) is 11.3 Å². The van der Waals surface area contributed by atoms with Crippen LogP contribution in [0, 0.1) is 0 Å². The molecule has 0 saturated carbocycles. The highest BCUT2D eigenvalue weighted by atomic mass is 32.2. The van der Waals surface area contributed by atoms with Crippen LogP contribution >= 0.6 is 23.1 Å². The zero-order chi connectivity index (χ0) is 12.0. The first-order valence-electron chi connectivity index (χ1n) is 5.58. The van der Waals surface area contributed by atoms with Gasteiger partial charge in [-0.3, -0.25) is 0 Å². The SMILES string of the molecule is CCNC(C)c1csc(N(C)CCSC)n1. The molecular weight excluding hydrogens is 238 g/mol. The summed E-state index contributed by atoms with van der Waals surface area (Å²) in [6.07, 6.45) is 2.13. The van der Waals surface area contributed by atoms with Crippen LogP contribution in [0.3, 0.4) is 0 Å². The molecule has 1 aromatic heterocycles. The topological polar surface area (TPSA) is 28.2 Å². The van der Waals surface area contributed by atoms with Crippen LogP contribution in [0.4, 0.5) is 5.13 Å². The summed E-state index contributed by atoms with van der Waals surface area (Å²) in [4.78, 5) is 6.88. The molecule has 1 rings (SSSR count). The summed E-state index contributed by atoms with van der Waals surface area (Å²) in [5.74, 6) is 1.15. The highest BCUT2D eigenvalue weighted by molar-refractivity contribution is 7.98. The van der Waals surface area contributed by atoms with E-state index in [1.807, 2.05) is 11.8 Å². The van der Waals surface area contributed by atoms with Gasteiger partial charge in [-0.2, -0.15) is 11.8 Å². The molecule has 1 unspecified atom stereocenters. The largest absolute Gasteiger partial charge is 0.350 e. The van der Waals surface area contributed by atoms with Crippen molar-refractivity contribution in [1.82, 2.24) is 10.3 Å². The quantitative estimate of drug-likeness (QED) is 0.815. The van der Waals surface area contributed by atoms with Gasteiger partial charge in [0.15, 0.2) is 5.13 Å². The second-order valence-electron chi connectivity index (χ2n) is 3.75. The molecule has 0 aromatic carbocycles. The van der Waals surface area contributed by atoms with Gasteiger partial charge in [-0.15, -0.1) is 11.3 Å². The van der Waals surface area contributed by atoms with Crippen LogP contribution in [0.15, 0.2) is 5.38 Å². The monoisotopic (exact) mass is 259 g/mol. The molecule has 0 saturated heterocycles. The molecule has 5 heteroatoms. The van der Waals surface area contributed by atoms with Crippen molar-refractivity contribution < 1.29 is 0 Å². The van der Waals surface area contributed by atoms with Gasteiger partial charge < -0.3 is 10.2 Å². The number of aromatic nitrogens is 1. The van der Waals surface area contributed by atoms with E-state index in [9.17, 15) is 0 Å². The van der Waals surface area contributed by atoms with E-state index in [4.69, 9.17) is 0 Å². The smallest absolute Gasteiger partial charge is 0.185 e. The summed E-state index contributed by atoms with van der Waals surface area (Å²) >= 11 is 3.60. The average Bonchev–Trinajstić information content (AvgIpc) is 2.75. The third kappa shape index (κ3) is 3.96. The number of thiazole rings is 1. The molecule has 3 nitrogen and oxygen atoms in total. The van der Waals surface area contributed by atoms with Gasteiger partial charge in [0.05, 0.1) is 5.69 Å². The van der Waals surface area contributed by atoms with Gasteiger partial charge in [-0.25, -0.2) is 4.98 Å². The molecule has 1 atom stereocenters. The Labute approximate surface area is 107 Å². The Morgan fingerprint density at radius 1 is 1.62 bits per heavy atom. The maximum absolute atomic E-state index is 4.65. The summed E-state index contributed by atoms with van der Waals surface area (Å²) < 4.78 is 0. The van der Waals surface area contributed by atoms with Crippen molar-refractivity contribution in [3.63, 3.8) is 0 Å². The Balaban J connectivity index is 2.56. The first kappa shape index (κ1) is 13.8. The van der Waals surface area contributed by atoms with E-state index in [0.717, 1.165) is 29.7 Å². The summed E-state index contributed by atoms with van der Waals surface area (Å²) in [6, 6.07) is 0.351. The van der Waals surface area contributed by atoms with Crippen molar-refractivity contribution in [3.8, 4) is 0 Å². The molecule has 0 aliphatic heterocycles. The fourth-order valence-corrected chi connectivity index (χ4v) is 2.75. The van der Waals surface area contributed by atoms with Gasteiger partial charge in [0.25, 0.3) is 0 Å². The number of nitrogens with one attached hydrogen (secondary N) is 1. The molecule has 1 aromatic rings. The van der Waals surface area contributed by atoms with Crippen molar-refractivity contribution >= 4 is 28.2 Å². The summed E-state index contributed by atoms with van der Waals surface area (Å²) in [5.41, 5.74) is 1.15. The van der Waals surface area contributed by atoms with E-state index in [1.165, 1.54) is 0 Å². The van der Waals surface area contributed by atoms with Crippen LogP contribution in [-0.2, 0) is 0 Å². The van der Waals surface area contributed by atoms with Crippen molar-refractivity contribution in [1.29, 1.82) is 0 Å². The Kier molecular flexibility index (Phi) is 6.16. The molecular formula is C11H21N3S2. The Hall–Kier alpha value is -0.260. The van der Waals surface area contributed by atoms with E-state index >= 15 is 0 Å². The molecule has 0 fully saturated rings. The average molecular weight is 259 g/mol. The molecule has 0 amide bonds. The number of rotatable bonds is 7. The van der Waals surface area contributed by atoms with E-state index < -0.39 is 0 Å². The predicted octanol–water partition coefficient (Wildman–Crippen LogP) is 2.61. The number of hydrogen-bond acceptors (Lipinski definition) is 5. The summed E-state index contributed by atoms with van der Waals surface area (Å²) in [5, 5.41) is 6.65. The highest BCUT2D eigenvalue weighted by Crippen LogP contribution is 2.23. The first-order valence-corrected chi connectivity index (χ1v) is 7.85. The van der Waals surface area contributed by atoms with Crippen LogP contribution in [-0.4, -0.2) is 37.1 Å². The molecule has 0 aliphatic rings. The Morgan fingerprint density at radius 3 is 3.00 bits per heavy atom. The zero-order valence-electron chi connectivity index (χ0n) is 10.5. The molecule has 92 valence electrons. The van der Waals surface area contributed by atoms with E-state index in [-0.39, 0.29) is 0 Å². The lowest BCUT2D eigenvalue weighted by molar-refractivity contribution is 0.586. The van der Waals surface area contributed by atoms with Crippen LogP contribution in [0.2, 0.25) is 0 Å². The van der Waals surface area contributed by atoms with Crippen LogP contribution in [0.25, 0.3) is 0 Å².